The molecule has 0 amide bonds. The molecule has 0 aliphatic heterocycles. The van der Waals surface area contributed by atoms with Crippen LogP contribution in [0.15, 0.2) is 42.6 Å². The van der Waals surface area contributed by atoms with Crippen molar-refractivity contribution < 1.29 is 0 Å². The molecule has 0 aliphatic carbocycles. The number of benzene rings is 1. The summed E-state index contributed by atoms with van der Waals surface area (Å²) in [6, 6.07) is 12.3. The summed E-state index contributed by atoms with van der Waals surface area (Å²) in [5.41, 5.74) is 6.19. The van der Waals surface area contributed by atoms with Gasteiger partial charge in [0.2, 0.25) is 0 Å². The van der Waals surface area contributed by atoms with E-state index in [0.717, 1.165) is 39.8 Å². The van der Waals surface area contributed by atoms with E-state index in [0.29, 0.717) is 0 Å². The molecule has 0 bridgehead atoms. The largest absolute Gasteiger partial charge is 0.388 e. The lowest BCUT2D eigenvalue weighted by Gasteiger charge is -2.11. The number of pyridine rings is 1. The number of rotatable bonds is 4. The molecule has 1 aromatic carbocycles. The van der Waals surface area contributed by atoms with Gasteiger partial charge in [0.1, 0.15) is 11.6 Å². The smallest absolute Gasteiger partial charge is 0.126 e. The van der Waals surface area contributed by atoms with E-state index in [9.17, 15) is 0 Å². The zero-order valence-corrected chi connectivity index (χ0v) is 14.4. The predicted molar refractivity (Wildman–Crippen MR) is 99.3 cm³/mol. The summed E-state index contributed by atoms with van der Waals surface area (Å²) < 4.78 is 0. The molecule has 0 spiro atoms. The highest BCUT2D eigenvalue weighted by Gasteiger charge is 2.10. The van der Waals surface area contributed by atoms with Crippen LogP contribution in [0, 0.1) is 13.8 Å². The fourth-order valence-electron chi connectivity index (χ4n) is 2.63. The van der Waals surface area contributed by atoms with Gasteiger partial charge in [0.15, 0.2) is 0 Å². The third-order valence-corrected chi connectivity index (χ3v) is 3.95. The first kappa shape index (κ1) is 15.9. The third kappa shape index (κ3) is 3.20. The van der Waals surface area contributed by atoms with Crippen molar-refractivity contribution in [3.8, 4) is 22.5 Å². The molecule has 122 valence electrons. The molecular formula is C19H21N5. The van der Waals surface area contributed by atoms with Crippen LogP contribution in [-0.4, -0.2) is 29.0 Å². The first-order chi connectivity index (χ1) is 11.6. The second-order valence-corrected chi connectivity index (χ2v) is 5.65. The van der Waals surface area contributed by atoms with E-state index in [2.05, 4.69) is 50.7 Å². The Bertz CT molecular complexity index is 873. The molecule has 0 saturated heterocycles. The van der Waals surface area contributed by atoms with Crippen molar-refractivity contribution in [2.24, 2.45) is 0 Å². The van der Waals surface area contributed by atoms with Gasteiger partial charge in [-0.25, -0.2) is 15.0 Å². The standard InChI is InChI=1S/C19H21N5/c1-12-5-6-15(20-3)10-16(12)18-11-17(23-13(2)24-18)14-7-8-22-19(9-14)21-4/h5-11,20H,1-4H3,(H,21,22). The minimum atomic E-state index is 0.750. The fourth-order valence-corrected chi connectivity index (χ4v) is 2.63. The molecule has 2 heterocycles. The summed E-state index contributed by atoms with van der Waals surface area (Å²) in [7, 11) is 3.77. The monoisotopic (exact) mass is 319 g/mol. The predicted octanol–water partition coefficient (Wildman–Crippen LogP) is 3.91. The highest BCUT2D eigenvalue weighted by atomic mass is 14.9. The van der Waals surface area contributed by atoms with Gasteiger partial charge in [-0.05, 0) is 49.7 Å². The number of hydrogen-bond acceptors (Lipinski definition) is 5. The van der Waals surface area contributed by atoms with Crippen LogP contribution in [-0.2, 0) is 0 Å². The second kappa shape index (κ2) is 6.66. The van der Waals surface area contributed by atoms with Crippen LogP contribution < -0.4 is 10.6 Å². The summed E-state index contributed by atoms with van der Waals surface area (Å²) >= 11 is 0. The molecule has 0 fully saturated rings. The maximum Gasteiger partial charge on any atom is 0.126 e. The molecule has 2 aromatic heterocycles. The van der Waals surface area contributed by atoms with Gasteiger partial charge in [-0.3, -0.25) is 0 Å². The van der Waals surface area contributed by atoms with Crippen LogP contribution in [0.4, 0.5) is 11.5 Å². The molecule has 0 saturated carbocycles. The van der Waals surface area contributed by atoms with Crippen molar-refractivity contribution in [1.82, 2.24) is 15.0 Å². The maximum absolute atomic E-state index is 4.64. The van der Waals surface area contributed by atoms with Gasteiger partial charge in [-0.15, -0.1) is 0 Å². The summed E-state index contributed by atoms with van der Waals surface area (Å²) in [5.74, 6) is 1.57. The lowest BCUT2D eigenvalue weighted by molar-refractivity contribution is 1.06. The highest BCUT2D eigenvalue weighted by molar-refractivity contribution is 5.73. The van der Waals surface area contributed by atoms with Crippen molar-refractivity contribution in [2.45, 2.75) is 13.8 Å². The Morgan fingerprint density at radius 3 is 2.38 bits per heavy atom. The van der Waals surface area contributed by atoms with Gasteiger partial charge in [0, 0.05) is 37.1 Å². The lowest BCUT2D eigenvalue weighted by atomic mass is 10.0. The molecule has 0 atom stereocenters. The normalized spacial score (nSPS) is 10.5. The number of aromatic nitrogens is 3. The molecule has 3 aromatic rings. The Balaban J connectivity index is 2.13. The minimum absolute atomic E-state index is 0.750. The van der Waals surface area contributed by atoms with Gasteiger partial charge in [-0.1, -0.05) is 6.07 Å². The van der Waals surface area contributed by atoms with Gasteiger partial charge in [-0.2, -0.15) is 0 Å². The number of nitrogens with one attached hydrogen (secondary N) is 2. The molecule has 5 nitrogen and oxygen atoms in total. The summed E-state index contributed by atoms with van der Waals surface area (Å²) in [4.78, 5) is 13.5. The van der Waals surface area contributed by atoms with Gasteiger partial charge in [0.05, 0.1) is 11.4 Å². The number of hydrogen-bond donors (Lipinski definition) is 2. The fraction of sp³-hybridized carbons (Fsp3) is 0.211. The zero-order valence-electron chi connectivity index (χ0n) is 14.4. The number of nitrogens with zero attached hydrogens (tertiary/aromatic N) is 3. The summed E-state index contributed by atoms with van der Waals surface area (Å²) in [5, 5.41) is 6.24. The molecular weight excluding hydrogens is 298 g/mol. The quantitative estimate of drug-likeness (QED) is 0.763. The van der Waals surface area contributed by atoms with Crippen molar-refractivity contribution in [3.63, 3.8) is 0 Å². The maximum atomic E-state index is 4.64. The van der Waals surface area contributed by atoms with Crippen LogP contribution in [0.25, 0.3) is 22.5 Å². The molecule has 0 unspecified atom stereocenters. The van der Waals surface area contributed by atoms with E-state index < -0.39 is 0 Å². The third-order valence-electron chi connectivity index (χ3n) is 3.95. The van der Waals surface area contributed by atoms with Crippen LogP contribution in [0.3, 0.4) is 0 Å². The second-order valence-electron chi connectivity index (χ2n) is 5.65. The highest BCUT2D eigenvalue weighted by Crippen LogP contribution is 2.28. The molecule has 2 N–H and O–H groups in total. The molecule has 0 radical (unpaired) electrons. The Morgan fingerprint density at radius 2 is 1.62 bits per heavy atom. The van der Waals surface area contributed by atoms with Crippen LogP contribution in [0.5, 0.6) is 0 Å². The van der Waals surface area contributed by atoms with Crippen molar-refractivity contribution in [1.29, 1.82) is 0 Å². The Labute approximate surface area is 142 Å². The summed E-state index contributed by atoms with van der Waals surface area (Å²) in [6.45, 7) is 4.02. The topological polar surface area (TPSA) is 62.7 Å². The van der Waals surface area contributed by atoms with E-state index in [-0.39, 0.29) is 0 Å². The van der Waals surface area contributed by atoms with E-state index in [1.165, 1.54) is 5.56 Å². The minimum Gasteiger partial charge on any atom is -0.388 e. The Kier molecular flexibility index (Phi) is 4.42. The van der Waals surface area contributed by atoms with E-state index >= 15 is 0 Å². The van der Waals surface area contributed by atoms with Crippen molar-refractivity contribution >= 4 is 11.5 Å². The molecule has 24 heavy (non-hydrogen) atoms. The Hall–Kier alpha value is -2.95. The van der Waals surface area contributed by atoms with Crippen molar-refractivity contribution in [3.05, 3.63) is 54.0 Å². The van der Waals surface area contributed by atoms with E-state index in [1.807, 2.05) is 39.2 Å². The van der Waals surface area contributed by atoms with E-state index in [4.69, 9.17) is 0 Å². The average molecular weight is 319 g/mol. The van der Waals surface area contributed by atoms with Gasteiger partial charge < -0.3 is 10.6 Å². The average Bonchev–Trinajstić information content (AvgIpc) is 2.61. The molecule has 3 rings (SSSR count). The zero-order chi connectivity index (χ0) is 17.1. The van der Waals surface area contributed by atoms with Crippen LogP contribution in [0.2, 0.25) is 0 Å². The lowest BCUT2D eigenvalue weighted by Crippen LogP contribution is -1.98. The van der Waals surface area contributed by atoms with Crippen molar-refractivity contribution in [2.75, 3.05) is 24.7 Å². The SMILES string of the molecule is CNc1ccc(C)c(-c2cc(-c3ccnc(NC)c3)nc(C)n2)c1. The first-order valence-corrected chi connectivity index (χ1v) is 7.89. The number of anilines is 2. The van der Waals surface area contributed by atoms with Crippen LogP contribution in [0.1, 0.15) is 11.4 Å². The molecule has 5 heteroatoms. The summed E-state index contributed by atoms with van der Waals surface area (Å²) in [6.07, 6.45) is 1.78. The Morgan fingerprint density at radius 1 is 0.833 bits per heavy atom. The molecule has 0 aliphatic rings. The van der Waals surface area contributed by atoms with E-state index in [1.54, 1.807) is 6.20 Å². The van der Waals surface area contributed by atoms with Gasteiger partial charge >= 0.3 is 0 Å². The number of aryl methyl sites for hydroxylation is 2. The van der Waals surface area contributed by atoms with Crippen LogP contribution >= 0.6 is 0 Å². The van der Waals surface area contributed by atoms with Gasteiger partial charge in [0.25, 0.3) is 0 Å². The first-order valence-electron chi connectivity index (χ1n) is 7.89.